The third-order valence-electron chi connectivity index (χ3n) is 1.92. The number of alkyl halides is 2. The van der Waals surface area contributed by atoms with Gasteiger partial charge in [0.2, 0.25) is 0 Å². The molecular weight excluding hydrogens is 218 g/mol. The number of halogens is 2. The molecule has 4 nitrogen and oxygen atoms in total. The van der Waals surface area contributed by atoms with Gasteiger partial charge in [-0.3, -0.25) is 0 Å². The number of anilines is 2. The molecule has 1 aromatic carbocycles. The van der Waals surface area contributed by atoms with Crippen LogP contribution in [0, 0.1) is 0 Å². The molecule has 0 aromatic heterocycles. The van der Waals surface area contributed by atoms with E-state index in [1.165, 1.54) is 25.3 Å². The van der Waals surface area contributed by atoms with Gasteiger partial charge >= 0.3 is 5.97 Å². The molecule has 3 N–H and O–H groups in total. The molecule has 0 saturated heterocycles. The lowest BCUT2D eigenvalue weighted by Crippen LogP contribution is -2.12. The maximum Gasteiger partial charge on any atom is 0.340 e. The first-order valence-corrected chi connectivity index (χ1v) is 4.54. The lowest BCUT2D eigenvalue weighted by Gasteiger charge is -2.09. The van der Waals surface area contributed by atoms with Gasteiger partial charge in [0.1, 0.15) is 0 Å². The third kappa shape index (κ3) is 3.08. The fourth-order valence-corrected chi connectivity index (χ4v) is 1.15. The number of ether oxygens (including phenoxy) is 1. The standard InChI is InChI=1S/C10H12F2N2O2/c1-16-10(15)7-4-6(2-3-8(7)13)14-5-9(11)12/h2-4,9,14H,5,13H2,1H3. The molecule has 88 valence electrons. The van der Waals surface area contributed by atoms with Crippen LogP contribution in [-0.2, 0) is 4.74 Å². The number of carbonyl (C=O) groups excluding carboxylic acids is 1. The van der Waals surface area contributed by atoms with Gasteiger partial charge < -0.3 is 15.8 Å². The highest BCUT2D eigenvalue weighted by atomic mass is 19.3. The molecule has 0 unspecified atom stereocenters. The summed E-state index contributed by atoms with van der Waals surface area (Å²) in [6.07, 6.45) is -2.46. The van der Waals surface area contributed by atoms with Crippen LogP contribution in [0.3, 0.4) is 0 Å². The van der Waals surface area contributed by atoms with E-state index in [0.29, 0.717) is 5.69 Å². The zero-order chi connectivity index (χ0) is 12.1. The maximum atomic E-state index is 11.9. The van der Waals surface area contributed by atoms with E-state index < -0.39 is 18.9 Å². The van der Waals surface area contributed by atoms with Crippen molar-refractivity contribution in [2.75, 3.05) is 24.7 Å². The second kappa shape index (κ2) is 5.29. The van der Waals surface area contributed by atoms with Crippen LogP contribution < -0.4 is 11.1 Å². The SMILES string of the molecule is COC(=O)c1cc(NCC(F)F)ccc1N. The molecular formula is C10H12F2N2O2. The monoisotopic (exact) mass is 230 g/mol. The highest BCUT2D eigenvalue weighted by Crippen LogP contribution is 2.18. The Morgan fingerprint density at radius 1 is 1.56 bits per heavy atom. The number of esters is 1. The molecule has 0 aliphatic heterocycles. The molecule has 0 radical (unpaired) electrons. The summed E-state index contributed by atoms with van der Waals surface area (Å²) in [5.74, 6) is -0.599. The molecule has 0 spiro atoms. The highest BCUT2D eigenvalue weighted by molar-refractivity contribution is 5.96. The van der Waals surface area contributed by atoms with Crippen LogP contribution in [0.4, 0.5) is 20.2 Å². The van der Waals surface area contributed by atoms with Crippen molar-refractivity contribution in [1.29, 1.82) is 0 Å². The molecule has 0 saturated carbocycles. The minimum Gasteiger partial charge on any atom is -0.465 e. The van der Waals surface area contributed by atoms with E-state index in [2.05, 4.69) is 10.1 Å². The van der Waals surface area contributed by atoms with Crippen LogP contribution in [0.5, 0.6) is 0 Å². The number of rotatable bonds is 4. The van der Waals surface area contributed by atoms with Gasteiger partial charge in [-0.2, -0.15) is 0 Å². The Labute approximate surface area is 91.4 Å². The van der Waals surface area contributed by atoms with E-state index >= 15 is 0 Å². The number of nitrogens with two attached hydrogens (primary N) is 1. The number of hydrogen-bond donors (Lipinski definition) is 2. The van der Waals surface area contributed by atoms with Gasteiger partial charge in [0, 0.05) is 11.4 Å². The lowest BCUT2D eigenvalue weighted by molar-refractivity contribution is 0.0602. The smallest absolute Gasteiger partial charge is 0.340 e. The Morgan fingerprint density at radius 2 is 2.25 bits per heavy atom. The molecule has 0 aliphatic carbocycles. The first kappa shape index (κ1) is 12.2. The normalized spacial score (nSPS) is 10.2. The highest BCUT2D eigenvalue weighted by Gasteiger charge is 2.11. The fraction of sp³-hybridized carbons (Fsp3) is 0.300. The van der Waals surface area contributed by atoms with E-state index in [0.717, 1.165) is 0 Å². The summed E-state index contributed by atoms with van der Waals surface area (Å²) in [5.41, 5.74) is 6.34. The van der Waals surface area contributed by atoms with E-state index in [4.69, 9.17) is 5.73 Å². The van der Waals surface area contributed by atoms with Crippen molar-refractivity contribution in [1.82, 2.24) is 0 Å². The Morgan fingerprint density at radius 3 is 2.81 bits per heavy atom. The number of nitrogens with one attached hydrogen (secondary N) is 1. The summed E-state index contributed by atoms with van der Waals surface area (Å²) in [4.78, 5) is 11.2. The Kier molecular flexibility index (Phi) is 4.04. The first-order chi connectivity index (χ1) is 7.54. The van der Waals surface area contributed by atoms with Crippen LogP contribution in [0.25, 0.3) is 0 Å². The average molecular weight is 230 g/mol. The Balaban J connectivity index is 2.85. The van der Waals surface area contributed by atoms with Crippen molar-refractivity contribution in [2.45, 2.75) is 6.43 Å². The summed E-state index contributed by atoms with van der Waals surface area (Å²) >= 11 is 0. The second-order valence-corrected chi connectivity index (χ2v) is 3.07. The molecule has 16 heavy (non-hydrogen) atoms. The summed E-state index contributed by atoms with van der Waals surface area (Å²) in [6.45, 7) is -0.482. The van der Waals surface area contributed by atoms with Crippen LogP contribution >= 0.6 is 0 Å². The molecule has 0 bridgehead atoms. The van der Waals surface area contributed by atoms with Gasteiger partial charge in [-0.25, -0.2) is 13.6 Å². The van der Waals surface area contributed by atoms with Crippen molar-refractivity contribution in [2.24, 2.45) is 0 Å². The molecule has 6 heteroatoms. The topological polar surface area (TPSA) is 64.3 Å². The van der Waals surface area contributed by atoms with Gasteiger partial charge in [-0.15, -0.1) is 0 Å². The van der Waals surface area contributed by atoms with Crippen LogP contribution in [-0.4, -0.2) is 26.0 Å². The van der Waals surface area contributed by atoms with Crippen molar-refractivity contribution in [3.63, 3.8) is 0 Å². The molecule has 1 rings (SSSR count). The zero-order valence-electron chi connectivity index (χ0n) is 8.67. The summed E-state index contributed by atoms with van der Waals surface area (Å²) in [7, 11) is 1.22. The largest absolute Gasteiger partial charge is 0.465 e. The molecule has 0 heterocycles. The van der Waals surface area contributed by atoms with Gasteiger partial charge in [-0.1, -0.05) is 0 Å². The fourth-order valence-electron chi connectivity index (χ4n) is 1.15. The van der Waals surface area contributed by atoms with E-state index in [-0.39, 0.29) is 11.3 Å². The first-order valence-electron chi connectivity index (χ1n) is 4.54. The van der Waals surface area contributed by atoms with E-state index in [1.54, 1.807) is 0 Å². The van der Waals surface area contributed by atoms with Crippen molar-refractivity contribution >= 4 is 17.3 Å². The third-order valence-corrected chi connectivity index (χ3v) is 1.92. The van der Waals surface area contributed by atoms with Gasteiger partial charge in [0.15, 0.2) is 0 Å². The quantitative estimate of drug-likeness (QED) is 0.610. The molecule has 0 fully saturated rings. The Hall–Kier alpha value is -1.85. The maximum absolute atomic E-state index is 11.9. The minimum absolute atomic E-state index is 0.154. The van der Waals surface area contributed by atoms with Crippen molar-refractivity contribution < 1.29 is 18.3 Å². The predicted molar refractivity (Wildman–Crippen MR) is 56.7 cm³/mol. The van der Waals surface area contributed by atoms with Gasteiger partial charge in [0.05, 0.1) is 19.2 Å². The summed E-state index contributed by atoms with van der Waals surface area (Å²) in [5, 5.41) is 2.48. The second-order valence-electron chi connectivity index (χ2n) is 3.07. The number of nitrogen functional groups attached to an aromatic ring is 1. The van der Waals surface area contributed by atoms with Gasteiger partial charge in [-0.05, 0) is 18.2 Å². The molecule has 0 aliphatic rings. The van der Waals surface area contributed by atoms with Gasteiger partial charge in [0.25, 0.3) is 6.43 Å². The predicted octanol–water partition coefficient (Wildman–Crippen LogP) is 1.73. The van der Waals surface area contributed by atoms with Crippen LogP contribution in [0.1, 0.15) is 10.4 Å². The van der Waals surface area contributed by atoms with Crippen LogP contribution in [0.2, 0.25) is 0 Å². The van der Waals surface area contributed by atoms with Crippen LogP contribution in [0.15, 0.2) is 18.2 Å². The minimum atomic E-state index is -2.46. The average Bonchev–Trinajstić information content (AvgIpc) is 2.27. The van der Waals surface area contributed by atoms with Crippen molar-refractivity contribution in [3.8, 4) is 0 Å². The number of benzene rings is 1. The molecule has 1 aromatic rings. The van der Waals surface area contributed by atoms with E-state index in [9.17, 15) is 13.6 Å². The Bertz CT molecular complexity index is 383. The number of hydrogen-bond acceptors (Lipinski definition) is 4. The molecule has 0 atom stereocenters. The van der Waals surface area contributed by atoms with E-state index in [1.807, 2.05) is 0 Å². The van der Waals surface area contributed by atoms with Crippen molar-refractivity contribution in [3.05, 3.63) is 23.8 Å². The molecule has 0 amide bonds. The lowest BCUT2D eigenvalue weighted by atomic mass is 10.1. The number of carbonyl (C=O) groups is 1. The summed E-state index contributed by atoms with van der Waals surface area (Å²) in [6, 6.07) is 4.35. The summed E-state index contributed by atoms with van der Waals surface area (Å²) < 4.78 is 28.4. The number of methoxy groups -OCH3 is 1. The zero-order valence-corrected chi connectivity index (χ0v) is 8.67.